The van der Waals surface area contributed by atoms with Crippen molar-refractivity contribution < 1.29 is 37.7 Å². The normalized spacial score (nSPS) is 10.6. The van der Waals surface area contributed by atoms with Gasteiger partial charge in [-0.2, -0.15) is 13.2 Å². The van der Waals surface area contributed by atoms with Gasteiger partial charge in [-0.1, -0.05) is 16.0 Å². The van der Waals surface area contributed by atoms with E-state index in [4.69, 9.17) is 20.7 Å². The van der Waals surface area contributed by atoms with Gasteiger partial charge >= 0.3 is 12.1 Å². The van der Waals surface area contributed by atoms with Gasteiger partial charge in [0.15, 0.2) is 17.7 Å². The van der Waals surface area contributed by atoms with Gasteiger partial charge in [-0.25, -0.2) is 0 Å². The number of carboxylic acid groups (broad SMARTS) is 2. The van der Waals surface area contributed by atoms with Crippen LogP contribution in [-0.2, 0) is 16.1 Å². The number of nitrogen functional groups attached to an aromatic ring is 1. The molecule has 24 heavy (non-hydrogen) atoms. The molecule has 130 valence electrons. The molecule has 0 saturated carbocycles. The summed E-state index contributed by atoms with van der Waals surface area (Å²) in [5.74, 6) is -3.85. The molecule has 0 atom stereocenters. The minimum Gasteiger partial charge on any atom is -0.542 e. The number of aryl methyl sites for hydroxylation is 1. The molecule has 0 unspecified atom stereocenters. The molecule has 0 aliphatic heterocycles. The van der Waals surface area contributed by atoms with Gasteiger partial charge in [-0.15, -0.1) is 10.2 Å². The average molecular weight is 365 g/mol. The van der Waals surface area contributed by atoms with Crippen LogP contribution in [0.4, 0.5) is 18.3 Å². The lowest BCUT2D eigenvalue weighted by atomic mass is 10.3. The molecule has 0 aromatic carbocycles. The molecule has 0 radical (unpaired) electrons. The largest absolute Gasteiger partial charge is 0.542 e. The molecule has 2 aromatic heterocycles. The van der Waals surface area contributed by atoms with Crippen molar-refractivity contribution in [1.29, 1.82) is 0 Å². The van der Waals surface area contributed by atoms with E-state index >= 15 is 0 Å². The van der Waals surface area contributed by atoms with Crippen LogP contribution in [0.1, 0.15) is 6.42 Å². The first kappa shape index (κ1) is 19.2. The fourth-order valence-corrected chi connectivity index (χ4v) is 1.80. The summed E-state index contributed by atoms with van der Waals surface area (Å²) in [4.78, 5) is 19.2. The van der Waals surface area contributed by atoms with Crippen molar-refractivity contribution in [2.75, 3.05) is 5.73 Å². The van der Waals surface area contributed by atoms with E-state index in [0.29, 0.717) is 16.7 Å². The van der Waals surface area contributed by atoms with E-state index in [1.165, 1.54) is 11.3 Å². The fraction of sp³-hybridized carbons (Fsp3) is 0.273. The monoisotopic (exact) mass is 365 g/mol. The molecule has 0 aliphatic rings. The molecular weight excluding hydrogens is 355 g/mol. The molecule has 2 heterocycles. The Bertz CT molecular complexity index is 704. The maximum Gasteiger partial charge on any atom is 0.430 e. The van der Waals surface area contributed by atoms with Gasteiger partial charge in [0.1, 0.15) is 18.6 Å². The molecule has 0 spiro atoms. The van der Waals surface area contributed by atoms with Crippen molar-refractivity contribution >= 4 is 28.4 Å². The third kappa shape index (κ3) is 6.51. The fourth-order valence-electron chi connectivity index (χ4n) is 1.20. The van der Waals surface area contributed by atoms with Crippen molar-refractivity contribution in [3.63, 3.8) is 0 Å². The lowest BCUT2D eigenvalue weighted by molar-refractivity contribution is -0.752. The lowest BCUT2D eigenvalue weighted by Crippen LogP contribution is -2.38. The molecular formula is C11H10F3N5O4S. The number of hydrogen-bond acceptors (Lipinski definition) is 8. The second-order valence-electron chi connectivity index (χ2n) is 4.05. The highest BCUT2D eigenvalue weighted by Crippen LogP contribution is 2.22. The smallest absolute Gasteiger partial charge is 0.430 e. The van der Waals surface area contributed by atoms with E-state index in [2.05, 4.69) is 15.3 Å². The summed E-state index contributed by atoms with van der Waals surface area (Å²) in [6.07, 6.45) is -1.83. The summed E-state index contributed by atoms with van der Waals surface area (Å²) in [6, 6.07) is 1.80. The zero-order chi connectivity index (χ0) is 18.3. The predicted molar refractivity (Wildman–Crippen MR) is 71.1 cm³/mol. The third-order valence-corrected chi connectivity index (χ3v) is 3.05. The zero-order valence-electron chi connectivity index (χ0n) is 11.7. The number of rotatable bonds is 4. The topological polar surface area (TPSA) is 146 Å². The summed E-state index contributed by atoms with van der Waals surface area (Å²) < 4.78 is 33.1. The number of aliphatic carboxylic acids is 2. The number of carbonyl (C=O) groups is 2. The van der Waals surface area contributed by atoms with Gasteiger partial charge < -0.3 is 20.7 Å². The van der Waals surface area contributed by atoms with Gasteiger partial charge in [0.2, 0.25) is 5.13 Å². The first-order valence-electron chi connectivity index (χ1n) is 6.04. The Morgan fingerprint density at radius 1 is 1.38 bits per heavy atom. The average Bonchev–Trinajstić information content (AvgIpc) is 2.92. The molecule has 0 aliphatic carbocycles. The highest BCUT2D eigenvalue weighted by Gasteiger charge is 2.28. The molecule has 9 nitrogen and oxygen atoms in total. The highest BCUT2D eigenvalue weighted by molar-refractivity contribution is 7.18. The predicted octanol–water partition coefficient (Wildman–Crippen LogP) is -0.757. The molecule has 3 N–H and O–H groups in total. The quantitative estimate of drug-likeness (QED) is 0.673. The first-order valence-corrected chi connectivity index (χ1v) is 6.86. The summed E-state index contributed by atoms with van der Waals surface area (Å²) in [5, 5.41) is 30.1. The maximum absolute atomic E-state index is 10.5. The summed E-state index contributed by atoms with van der Waals surface area (Å²) in [7, 11) is 0. The summed E-state index contributed by atoms with van der Waals surface area (Å²) >= 11 is 1.28. The van der Waals surface area contributed by atoms with Gasteiger partial charge in [-0.3, -0.25) is 4.79 Å². The van der Waals surface area contributed by atoms with Crippen LogP contribution in [-0.4, -0.2) is 38.5 Å². The van der Waals surface area contributed by atoms with Crippen LogP contribution in [0.15, 0.2) is 18.5 Å². The van der Waals surface area contributed by atoms with Crippen LogP contribution in [0.3, 0.4) is 0 Å². The molecule has 0 amide bonds. The number of anilines is 1. The van der Waals surface area contributed by atoms with Crippen molar-refractivity contribution in [3.05, 3.63) is 18.5 Å². The van der Waals surface area contributed by atoms with Crippen molar-refractivity contribution in [2.24, 2.45) is 0 Å². The number of halogens is 3. The van der Waals surface area contributed by atoms with E-state index < -0.39 is 18.1 Å². The van der Waals surface area contributed by atoms with Gasteiger partial charge in [-0.05, 0) is 5.10 Å². The summed E-state index contributed by atoms with van der Waals surface area (Å²) in [5.41, 5.74) is 6.29. The van der Waals surface area contributed by atoms with Crippen molar-refractivity contribution in [2.45, 2.75) is 19.1 Å². The highest BCUT2D eigenvalue weighted by atomic mass is 32.1. The number of carbonyl (C=O) groups excluding carboxylic acids is 1. The lowest BCUT2D eigenvalue weighted by Gasteiger charge is -2.03. The number of carboxylic acids is 2. The molecule has 0 saturated heterocycles. The van der Waals surface area contributed by atoms with Crippen molar-refractivity contribution in [1.82, 2.24) is 15.3 Å². The molecule has 0 bridgehead atoms. The molecule has 2 aromatic rings. The molecule has 2 rings (SSSR count). The number of hydrogen-bond donors (Lipinski definition) is 2. The van der Waals surface area contributed by atoms with Gasteiger partial charge in [0.25, 0.3) is 0 Å². The minimum atomic E-state index is -5.19. The van der Waals surface area contributed by atoms with Crippen LogP contribution in [0.25, 0.3) is 10.6 Å². The Morgan fingerprint density at radius 2 is 2.00 bits per heavy atom. The molecule has 0 fully saturated rings. The van der Waals surface area contributed by atoms with Gasteiger partial charge in [0.05, 0.1) is 0 Å². The minimum absolute atomic E-state index is 0.0444. The Kier molecular flexibility index (Phi) is 6.52. The maximum atomic E-state index is 10.5. The Hall–Kier alpha value is -2.83. The second-order valence-corrected chi connectivity index (χ2v) is 5.06. The SMILES string of the molecule is Nc1nnc(-c2cc[n+](CCC(=O)O)nc2)s1.O=C([O-])C(F)(F)F. The van der Waals surface area contributed by atoms with Crippen molar-refractivity contribution in [3.8, 4) is 10.6 Å². The third-order valence-electron chi connectivity index (χ3n) is 2.25. The van der Waals surface area contributed by atoms with Crippen LogP contribution in [0.5, 0.6) is 0 Å². The van der Waals surface area contributed by atoms with Crippen LogP contribution in [0.2, 0.25) is 0 Å². The Balaban J connectivity index is 0.000000351. The summed E-state index contributed by atoms with van der Waals surface area (Å²) in [6.45, 7) is 0.341. The van der Waals surface area contributed by atoms with Crippen LogP contribution in [0, 0.1) is 0 Å². The number of alkyl halides is 3. The Morgan fingerprint density at radius 3 is 2.38 bits per heavy atom. The van der Waals surface area contributed by atoms with E-state index in [9.17, 15) is 18.0 Å². The van der Waals surface area contributed by atoms with E-state index in [-0.39, 0.29) is 6.42 Å². The van der Waals surface area contributed by atoms with Crippen LogP contribution < -0.4 is 15.5 Å². The first-order chi connectivity index (χ1) is 11.1. The Labute approximate surface area is 136 Å². The number of nitrogens with two attached hydrogens (primary N) is 1. The van der Waals surface area contributed by atoms with E-state index in [1.54, 1.807) is 23.1 Å². The van der Waals surface area contributed by atoms with E-state index in [0.717, 1.165) is 5.56 Å². The van der Waals surface area contributed by atoms with E-state index in [1.807, 2.05) is 0 Å². The number of nitrogens with zero attached hydrogens (tertiary/aromatic N) is 4. The zero-order valence-corrected chi connectivity index (χ0v) is 12.5. The molecule has 13 heteroatoms. The number of aromatic nitrogens is 4. The van der Waals surface area contributed by atoms with Gasteiger partial charge in [0, 0.05) is 11.6 Å². The van der Waals surface area contributed by atoms with Crippen LogP contribution >= 0.6 is 11.3 Å². The second kappa shape index (κ2) is 8.14. The standard InChI is InChI=1S/C9H9N5O2S.C2HF3O2/c10-9-13-12-8(17-9)6-1-3-14(11-5-6)4-2-7(15)16;3-2(4,5)1(6)7/h1,3,5,10H,2,4H2,(H,15,16);(H,6,7).